The number of nitrogens with zero attached hydrogens (tertiary/aromatic N) is 2. The first-order valence-electron chi connectivity index (χ1n) is 12.8. The third-order valence-corrected chi connectivity index (χ3v) is 6.63. The topological polar surface area (TPSA) is 169 Å². The summed E-state index contributed by atoms with van der Waals surface area (Å²) < 4.78 is 9.92. The molecule has 0 spiro atoms. The molecule has 2 atom stereocenters. The fraction of sp³-hybridized carbons (Fsp3) is 0.393. The second kappa shape index (κ2) is 14.1. The molecule has 3 rings (SSSR count). The van der Waals surface area contributed by atoms with Crippen molar-refractivity contribution in [2.45, 2.75) is 31.3 Å². The van der Waals surface area contributed by atoms with Crippen molar-refractivity contribution >= 4 is 29.7 Å². The fourth-order valence-electron chi connectivity index (χ4n) is 4.49. The van der Waals surface area contributed by atoms with Crippen LogP contribution in [0.1, 0.15) is 27.9 Å². The minimum Gasteiger partial charge on any atom is -0.497 e. The Bertz CT molecular complexity index is 1220. The first kappa shape index (κ1) is 30.1. The number of esters is 1. The average Bonchev–Trinajstić information content (AvgIpc) is 2.95. The Labute approximate surface area is 232 Å². The van der Waals surface area contributed by atoms with Gasteiger partial charge in [0.2, 0.25) is 11.8 Å². The number of hydrogen-bond acceptors (Lipinski definition) is 8. The molecule has 3 amide bonds. The largest absolute Gasteiger partial charge is 0.497 e. The second-order valence-electron chi connectivity index (χ2n) is 9.30. The first-order valence-corrected chi connectivity index (χ1v) is 12.8. The fourth-order valence-corrected chi connectivity index (χ4v) is 4.49. The van der Waals surface area contributed by atoms with Crippen LogP contribution in [0.25, 0.3) is 0 Å². The highest BCUT2D eigenvalue weighted by atomic mass is 16.5. The van der Waals surface area contributed by atoms with E-state index >= 15 is 0 Å². The summed E-state index contributed by atoms with van der Waals surface area (Å²) in [5, 5.41) is 12.0. The number of nitrogens with two attached hydrogens (primary N) is 1. The molecular weight excluding hydrogens is 520 g/mol. The molecule has 1 aliphatic rings. The van der Waals surface area contributed by atoms with Gasteiger partial charge in [0.1, 0.15) is 24.4 Å². The Morgan fingerprint density at radius 3 is 2.25 bits per heavy atom. The Kier molecular flexibility index (Phi) is 10.6. The summed E-state index contributed by atoms with van der Waals surface area (Å²) in [5.41, 5.74) is 7.62. The van der Waals surface area contributed by atoms with Crippen LogP contribution in [0, 0.1) is 0 Å². The highest BCUT2D eigenvalue weighted by molar-refractivity contribution is 5.99. The van der Waals surface area contributed by atoms with Gasteiger partial charge in [-0.1, -0.05) is 24.3 Å². The van der Waals surface area contributed by atoms with E-state index < -0.39 is 54.7 Å². The van der Waals surface area contributed by atoms with Crippen molar-refractivity contribution in [1.82, 2.24) is 15.1 Å². The van der Waals surface area contributed by atoms with Crippen molar-refractivity contribution in [3.63, 3.8) is 0 Å². The molecule has 1 saturated heterocycles. The van der Waals surface area contributed by atoms with E-state index in [0.717, 1.165) is 23.1 Å². The predicted molar refractivity (Wildman–Crippen MR) is 144 cm³/mol. The molecule has 0 bridgehead atoms. The zero-order chi connectivity index (χ0) is 29.2. The van der Waals surface area contributed by atoms with E-state index in [0.29, 0.717) is 24.3 Å². The van der Waals surface area contributed by atoms with Crippen molar-refractivity contribution in [2.75, 3.05) is 40.4 Å². The number of amides is 3. The van der Waals surface area contributed by atoms with Gasteiger partial charge < -0.3 is 35.4 Å². The molecular formula is C28H34N4O8. The number of hydrogen-bond donors (Lipinski definition) is 3. The van der Waals surface area contributed by atoms with Gasteiger partial charge in [-0.05, 0) is 48.4 Å². The van der Waals surface area contributed by atoms with Crippen LogP contribution in [0.15, 0.2) is 48.5 Å². The minimum absolute atomic E-state index is 0.0255. The first-order chi connectivity index (χ1) is 19.2. The van der Waals surface area contributed by atoms with Gasteiger partial charge in [0.25, 0.3) is 5.91 Å². The number of carbonyl (C=O) groups is 5. The summed E-state index contributed by atoms with van der Waals surface area (Å²) in [5.74, 6) is -3.09. The summed E-state index contributed by atoms with van der Waals surface area (Å²) in [6.07, 6.45) is 0.293. The van der Waals surface area contributed by atoms with Crippen LogP contribution < -0.4 is 15.8 Å². The maximum atomic E-state index is 13.9. The molecule has 1 fully saturated rings. The molecule has 4 N–H and O–H groups in total. The van der Waals surface area contributed by atoms with Gasteiger partial charge in [-0.3, -0.25) is 24.0 Å². The van der Waals surface area contributed by atoms with Crippen LogP contribution in [-0.2, 0) is 36.8 Å². The van der Waals surface area contributed by atoms with Crippen molar-refractivity contribution in [3.8, 4) is 5.75 Å². The van der Waals surface area contributed by atoms with Gasteiger partial charge in [-0.15, -0.1) is 0 Å². The lowest BCUT2D eigenvalue weighted by molar-refractivity contribution is -0.159. The van der Waals surface area contributed by atoms with E-state index in [1.54, 1.807) is 48.5 Å². The standard InChI is InChI=1S/C28H34N4O8/c1-39-21-9-5-19(6-10-21)15-22(30-26(36)20-7-3-18(4-8-20)11-12-29)27(37)32-14-13-31(17-24(33)34)28(38)23(32)16-25(35)40-2/h3-10,22-23H,11-17,29H2,1-2H3,(H,30,36)(H,33,34)/t22-,23-/m0/s1. The number of carboxylic acids is 1. The van der Waals surface area contributed by atoms with Crippen molar-refractivity contribution in [2.24, 2.45) is 5.73 Å². The zero-order valence-corrected chi connectivity index (χ0v) is 22.5. The van der Waals surface area contributed by atoms with Gasteiger partial charge in [-0.2, -0.15) is 0 Å². The minimum atomic E-state index is -1.28. The van der Waals surface area contributed by atoms with Crippen molar-refractivity contribution < 1.29 is 38.6 Å². The van der Waals surface area contributed by atoms with E-state index in [4.69, 9.17) is 15.2 Å². The maximum Gasteiger partial charge on any atom is 0.323 e. The normalized spacial score (nSPS) is 15.8. The Morgan fingerprint density at radius 2 is 1.68 bits per heavy atom. The van der Waals surface area contributed by atoms with E-state index in [1.165, 1.54) is 12.0 Å². The molecule has 0 saturated carbocycles. The number of rotatable bonds is 12. The molecule has 12 nitrogen and oxygen atoms in total. The third kappa shape index (κ3) is 7.79. The molecule has 1 aliphatic heterocycles. The number of carboxylic acid groups (broad SMARTS) is 1. The SMILES string of the molecule is COC(=O)C[C@H]1C(=O)N(CC(=O)O)CCN1C(=O)[C@H](Cc1ccc(OC)cc1)NC(=O)c1ccc(CCN)cc1. The van der Waals surface area contributed by atoms with Gasteiger partial charge in [0.05, 0.1) is 20.6 Å². The van der Waals surface area contributed by atoms with Crippen LogP contribution in [0.4, 0.5) is 0 Å². The molecule has 12 heteroatoms. The third-order valence-electron chi connectivity index (χ3n) is 6.63. The van der Waals surface area contributed by atoms with E-state index in [2.05, 4.69) is 5.32 Å². The Hall–Kier alpha value is -4.45. The quantitative estimate of drug-likeness (QED) is 0.311. The lowest BCUT2D eigenvalue weighted by Crippen LogP contribution is -2.63. The average molecular weight is 555 g/mol. The number of piperazine rings is 1. The van der Waals surface area contributed by atoms with E-state index in [1.807, 2.05) is 0 Å². The van der Waals surface area contributed by atoms with E-state index in [-0.39, 0.29) is 19.5 Å². The second-order valence-corrected chi connectivity index (χ2v) is 9.30. The van der Waals surface area contributed by atoms with Gasteiger partial charge in [0, 0.05) is 25.1 Å². The molecule has 0 aromatic heterocycles. The van der Waals surface area contributed by atoms with Crippen LogP contribution in [0.5, 0.6) is 5.75 Å². The lowest BCUT2D eigenvalue weighted by atomic mass is 10.0. The number of ether oxygens (including phenoxy) is 2. The number of nitrogens with one attached hydrogen (secondary N) is 1. The summed E-state index contributed by atoms with van der Waals surface area (Å²) in [6.45, 7) is -0.164. The van der Waals surface area contributed by atoms with Gasteiger partial charge in [0.15, 0.2) is 0 Å². The predicted octanol–water partition coefficient (Wildman–Crippen LogP) is 0.225. The summed E-state index contributed by atoms with van der Waals surface area (Å²) in [7, 11) is 2.69. The van der Waals surface area contributed by atoms with Gasteiger partial charge >= 0.3 is 11.9 Å². The molecule has 1 heterocycles. The molecule has 2 aromatic carbocycles. The van der Waals surface area contributed by atoms with Gasteiger partial charge in [-0.25, -0.2) is 0 Å². The van der Waals surface area contributed by atoms with Crippen LogP contribution in [0.2, 0.25) is 0 Å². The van der Waals surface area contributed by atoms with Crippen LogP contribution in [0.3, 0.4) is 0 Å². The molecule has 0 unspecified atom stereocenters. The van der Waals surface area contributed by atoms with Crippen LogP contribution >= 0.6 is 0 Å². The molecule has 214 valence electrons. The molecule has 0 radical (unpaired) electrons. The highest BCUT2D eigenvalue weighted by Crippen LogP contribution is 2.20. The number of aliphatic carboxylic acids is 1. The number of benzene rings is 2. The molecule has 2 aromatic rings. The summed E-state index contributed by atoms with van der Waals surface area (Å²) in [4.78, 5) is 66.0. The zero-order valence-electron chi connectivity index (χ0n) is 22.5. The summed E-state index contributed by atoms with van der Waals surface area (Å²) >= 11 is 0. The lowest BCUT2D eigenvalue weighted by Gasteiger charge is -2.41. The summed E-state index contributed by atoms with van der Waals surface area (Å²) in [6, 6.07) is 11.5. The monoisotopic (exact) mass is 554 g/mol. The van der Waals surface area contributed by atoms with E-state index in [9.17, 15) is 29.1 Å². The highest BCUT2D eigenvalue weighted by Gasteiger charge is 2.41. The number of methoxy groups -OCH3 is 2. The van der Waals surface area contributed by atoms with Crippen molar-refractivity contribution in [1.29, 1.82) is 0 Å². The molecule has 40 heavy (non-hydrogen) atoms. The maximum absolute atomic E-state index is 13.9. The Morgan fingerprint density at radius 1 is 1.02 bits per heavy atom. The van der Waals surface area contributed by atoms with Crippen LogP contribution in [-0.4, -0.2) is 97.0 Å². The number of carbonyl (C=O) groups excluding carboxylic acids is 4. The Balaban J connectivity index is 1.90. The van der Waals surface area contributed by atoms with Crippen molar-refractivity contribution in [3.05, 3.63) is 65.2 Å². The smallest absolute Gasteiger partial charge is 0.323 e. The molecule has 0 aliphatic carbocycles.